The van der Waals surface area contributed by atoms with Gasteiger partial charge < -0.3 is 10.1 Å². The Balaban J connectivity index is 1.80. The zero-order chi connectivity index (χ0) is 19.9. The average Bonchev–Trinajstić information content (AvgIpc) is 2.74. The highest BCUT2D eigenvalue weighted by Gasteiger charge is 2.22. The molecule has 2 aromatic carbocycles. The zero-order valence-electron chi connectivity index (χ0n) is 15.7. The minimum absolute atomic E-state index is 0.0513. The number of benzene rings is 2. The van der Waals surface area contributed by atoms with Crippen molar-refractivity contribution in [1.82, 2.24) is 10.2 Å². The summed E-state index contributed by atoms with van der Waals surface area (Å²) in [5.74, 6) is -0.321. The Morgan fingerprint density at radius 3 is 2.61 bits per heavy atom. The van der Waals surface area contributed by atoms with Gasteiger partial charge in [0.15, 0.2) is 0 Å². The summed E-state index contributed by atoms with van der Waals surface area (Å²) in [5, 5.41) is 14.4. The Labute approximate surface area is 168 Å². The van der Waals surface area contributed by atoms with Crippen LogP contribution < -0.4 is 5.32 Å². The van der Waals surface area contributed by atoms with Crippen LogP contribution in [0.4, 0.5) is 5.69 Å². The van der Waals surface area contributed by atoms with Crippen molar-refractivity contribution in [3.05, 3.63) is 69.8 Å². The van der Waals surface area contributed by atoms with E-state index in [1.54, 1.807) is 18.4 Å². The molecule has 0 spiro atoms. The van der Waals surface area contributed by atoms with Gasteiger partial charge in [-0.15, -0.1) is 11.8 Å². The number of nitrogens with one attached hydrogen (secondary N) is 1. The molecule has 0 aliphatic carbocycles. The summed E-state index contributed by atoms with van der Waals surface area (Å²) >= 11 is 1.29. The van der Waals surface area contributed by atoms with Gasteiger partial charge in [0.1, 0.15) is 0 Å². The van der Waals surface area contributed by atoms with Crippen LogP contribution in [-0.4, -0.2) is 54.8 Å². The highest BCUT2D eigenvalue weighted by atomic mass is 32.2. The smallest absolute Gasteiger partial charge is 0.283 e. The van der Waals surface area contributed by atoms with E-state index in [9.17, 15) is 14.9 Å². The van der Waals surface area contributed by atoms with Gasteiger partial charge in [0.05, 0.1) is 29.1 Å². The number of hydrogen-bond acceptors (Lipinski definition) is 6. The van der Waals surface area contributed by atoms with Crippen LogP contribution in [0.2, 0.25) is 0 Å². The monoisotopic (exact) mass is 401 g/mol. The highest BCUT2D eigenvalue weighted by molar-refractivity contribution is 7.98. The molecule has 1 N–H and O–H groups in total. The molecule has 28 heavy (non-hydrogen) atoms. The third kappa shape index (κ3) is 5.09. The van der Waals surface area contributed by atoms with Crippen molar-refractivity contribution < 1.29 is 14.5 Å². The summed E-state index contributed by atoms with van der Waals surface area (Å²) in [7, 11) is 0. The summed E-state index contributed by atoms with van der Waals surface area (Å²) in [6.45, 7) is 3.64. The van der Waals surface area contributed by atoms with E-state index in [4.69, 9.17) is 4.74 Å². The van der Waals surface area contributed by atoms with E-state index in [2.05, 4.69) is 10.2 Å². The second kappa shape index (κ2) is 9.68. The maximum Gasteiger partial charge on any atom is 0.283 e. The van der Waals surface area contributed by atoms with Gasteiger partial charge in [0.2, 0.25) is 0 Å². The molecule has 148 valence electrons. The topological polar surface area (TPSA) is 84.7 Å². The lowest BCUT2D eigenvalue weighted by Crippen LogP contribution is -2.43. The number of nitro groups is 1. The van der Waals surface area contributed by atoms with E-state index in [-0.39, 0.29) is 23.2 Å². The van der Waals surface area contributed by atoms with Crippen molar-refractivity contribution >= 4 is 23.4 Å². The summed E-state index contributed by atoms with van der Waals surface area (Å²) in [6, 6.07) is 14.1. The van der Waals surface area contributed by atoms with Crippen molar-refractivity contribution in [1.29, 1.82) is 0 Å². The molecule has 0 bridgehead atoms. The number of nitro benzene ring substituents is 1. The van der Waals surface area contributed by atoms with Gasteiger partial charge in [0, 0.05) is 31.3 Å². The van der Waals surface area contributed by atoms with Crippen molar-refractivity contribution in [2.45, 2.75) is 10.9 Å². The Kier molecular flexibility index (Phi) is 7.02. The minimum atomic E-state index is -0.453. The Bertz CT molecular complexity index is 825. The highest BCUT2D eigenvalue weighted by Crippen LogP contribution is 2.28. The lowest BCUT2D eigenvalue weighted by atomic mass is 10.1. The molecule has 1 aliphatic rings. The van der Waals surface area contributed by atoms with Crippen molar-refractivity contribution in [3.63, 3.8) is 0 Å². The van der Waals surface area contributed by atoms with Crippen molar-refractivity contribution in [2.24, 2.45) is 0 Å². The SMILES string of the molecule is CSc1ccc(C(=O)N[C@H](CN2CCOCC2)c2ccccc2)cc1[N+](=O)[O-]. The Morgan fingerprint density at radius 1 is 1.25 bits per heavy atom. The molecule has 1 saturated heterocycles. The van der Waals surface area contributed by atoms with E-state index in [0.29, 0.717) is 24.7 Å². The molecule has 7 nitrogen and oxygen atoms in total. The molecular weight excluding hydrogens is 378 g/mol. The Hall–Kier alpha value is -2.42. The van der Waals surface area contributed by atoms with Crippen LogP contribution in [0.1, 0.15) is 22.0 Å². The molecule has 0 saturated carbocycles. The molecule has 1 fully saturated rings. The maximum absolute atomic E-state index is 12.9. The van der Waals surface area contributed by atoms with Gasteiger partial charge in [-0.25, -0.2) is 0 Å². The number of ether oxygens (including phenoxy) is 1. The predicted octanol–water partition coefficient (Wildman–Crippen LogP) is 3.12. The summed E-state index contributed by atoms with van der Waals surface area (Å²) in [4.78, 5) is 26.5. The first-order valence-electron chi connectivity index (χ1n) is 9.07. The lowest BCUT2D eigenvalue weighted by Gasteiger charge is -2.31. The molecule has 8 heteroatoms. The molecule has 1 heterocycles. The molecular formula is C20H23N3O4S. The number of morpholine rings is 1. The average molecular weight is 401 g/mol. The van der Waals surface area contributed by atoms with Gasteiger partial charge in [0.25, 0.3) is 11.6 Å². The van der Waals surface area contributed by atoms with E-state index in [0.717, 1.165) is 18.7 Å². The van der Waals surface area contributed by atoms with Crippen molar-refractivity contribution in [3.8, 4) is 0 Å². The van der Waals surface area contributed by atoms with Gasteiger partial charge in [-0.1, -0.05) is 30.3 Å². The number of hydrogen-bond donors (Lipinski definition) is 1. The van der Waals surface area contributed by atoms with Crippen LogP contribution in [0.25, 0.3) is 0 Å². The standard InChI is InChI=1S/C20H23N3O4S/c1-28-19-8-7-16(13-18(19)23(25)26)20(24)21-17(15-5-3-2-4-6-15)14-22-9-11-27-12-10-22/h2-8,13,17H,9-12,14H2,1H3,(H,21,24)/t17-/m1/s1. The lowest BCUT2D eigenvalue weighted by molar-refractivity contribution is -0.387. The third-order valence-corrected chi connectivity index (χ3v) is 5.47. The third-order valence-electron chi connectivity index (χ3n) is 4.69. The number of amides is 1. The molecule has 0 aromatic heterocycles. The number of carbonyl (C=O) groups is 1. The predicted molar refractivity (Wildman–Crippen MR) is 109 cm³/mol. The van der Waals surface area contributed by atoms with Gasteiger partial charge in [-0.3, -0.25) is 19.8 Å². The van der Waals surface area contributed by atoms with Gasteiger partial charge in [-0.2, -0.15) is 0 Å². The van der Waals surface area contributed by atoms with Crippen LogP contribution >= 0.6 is 11.8 Å². The first-order valence-corrected chi connectivity index (χ1v) is 10.3. The minimum Gasteiger partial charge on any atom is -0.379 e. The number of carbonyl (C=O) groups excluding carboxylic acids is 1. The second-order valence-electron chi connectivity index (χ2n) is 6.49. The van der Waals surface area contributed by atoms with Crippen LogP contribution in [-0.2, 0) is 4.74 Å². The van der Waals surface area contributed by atoms with E-state index in [1.807, 2.05) is 30.3 Å². The van der Waals surface area contributed by atoms with Crippen LogP contribution in [0.15, 0.2) is 53.4 Å². The normalized spacial score (nSPS) is 15.8. The fourth-order valence-corrected chi connectivity index (χ4v) is 3.72. The molecule has 1 atom stereocenters. The van der Waals surface area contributed by atoms with Crippen LogP contribution in [0.5, 0.6) is 0 Å². The molecule has 1 amide bonds. The molecule has 0 unspecified atom stereocenters. The van der Waals surface area contributed by atoms with Gasteiger partial charge in [-0.05, 0) is 24.0 Å². The van der Waals surface area contributed by atoms with E-state index < -0.39 is 4.92 Å². The molecule has 1 aliphatic heterocycles. The Morgan fingerprint density at radius 2 is 1.96 bits per heavy atom. The number of rotatable bonds is 7. The molecule has 3 rings (SSSR count). The number of nitrogens with zero attached hydrogens (tertiary/aromatic N) is 2. The van der Waals surface area contributed by atoms with Crippen LogP contribution in [0.3, 0.4) is 0 Å². The molecule has 2 aromatic rings. The largest absolute Gasteiger partial charge is 0.379 e. The van der Waals surface area contributed by atoms with Crippen molar-refractivity contribution in [2.75, 3.05) is 39.1 Å². The first kappa shape index (κ1) is 20.3. The fourth-order valence-electron chi connectivity index (χ4n) is 3.18. The van der Waals surface area contributed by atoms with E-state index in [1.165, 1.54) is 17.8 Å². The first-order chi connectivity index (χ1) is 13.6. The molecule has 0 radical (unpaired) electrons. The number of thioether (sulfide) groups is 1. The summed E-state index contributed by atoms with van der Waals surface area (Å²) in [5.41, 5.74) is 1.23. The quantitative estimate of drug-likeness (QED) is 0.436. The van der Waals surface area contributed by atoms with Crippen LogP contribution in [0, 0.1) is 10.1 Å². The second-order valence-corrected chi connectivity index (χ2v) is 7.34. The van der Waals surface area contributed by atoms with E-state index >= 15 is 0 Å². The summed E-state index contributed by atoms with van der Waals surface area (Å²) < 4.78 is 5.40. The maximum atomic E-state index is 12.9. The summed E-state index contributed by atoms with van der Waals surface area (Å²) in [6.07, 6.45) is 1.77. The van der Waals surface area contributed by atoms with Gasteiger partial charge >= 0.3 is 0 Å². The zero-order valence-corrected chi connectivity index (χ0v) is 16.5. The fraction of sp³-hybridized carbons (Fsp3) is 0.350.